The second-order valence-corrected chi connectivity index (χ2v) is 5.82. The minimum absolute atomic E-state index is 0.656. The lowest BCUT2D eigenvalue weighted by atomic mass is 9.73. The van der Waals surface area contributed by atoms with E-state index in [0.29, 0.717) is 0 Å². The summed E-state index contributed by atoms with van der Waals surface area (Å²) in [5.41, 5.74) is 0.884. The summed E-state index contributed by atoms with van der Waals surface area (Å²) in [5.74, 6) is 0. The van der Waals surface area contributed by atoms with Crippen LogP contribution in [0.2, 0.25) is 0 Å². The van der Waals surface area contributed by atoms with Crippen molar-refractivity contribution in [2.45, 2.75) is 0 Å². The molecule has 1 N–H and O–H groups in total. The molecule has 0 saturated carbocycles. The van der Waals surface area contributed by atoms with Gasteiger partial charge < -0.3 is 9.94 Å². The van der Waals surface area contributed by atoms with Gasteiger partial charge in [-0.15, -0.1) is 11.3 Å². The summed E-state index contributed by atoms with van der Waals surface area (Å²) in [5, 5.41) is 13.8. The van der Waals surface area contributed by atoms with Gasteiger partial charge in [-0.05, 0) is 31.9 Å². The fourth-order valence-electron chi connectivity index (χ4n) is 1.14. The third-order valence-corrected chi connectivity index (χ3v) is 5.27. The molecule has 0 unspecified atom stereocenters. The van der Waals surface area contributed by atoms with Gasteiger partial charge >= 0.3 is 7.05 Å². The minimum atomic E-state index is -0.656. The largest absolute Gasteiger partial charge is 0.468 e. The van der Waals surface area contributed by atoms with E-state index in [1.807, 2.05) is 0 Å². The van der Waals surface area contributed by atoms with E-state index in [2.05, 4.69) is 37.0 Å². The average molecular weight is 324 g/mol. The molecule has 1 aliphatic heterocycles. The van der Waals surface area contributed by atoms with Crippen LogP contribution in [0.1, 0.15) is 4.88 Å². The zero-order valence-corrected chi connectivity index (χ0v) is 10.6. The van der Waals surface area contributed by atoms with Gasteiger partial charge in [0.1, 0.15) is 0 Å². The lowest BCUT2D eigenvalue weighted by molar-refractivity contribution is 0.443. The highest BCUT2D eigenvalue weighted by Crippen LogP contribution is 2.31. The second-order valence-electron chi connectivity index (χ2n) is 2.66. The molecule has 0 aromatic carbocycles. The Bertz CT molecular complexity index is 381. The van der Waals surface area contributed by atoms with Crippen molar-refractivity contribution < 1.29 is 5.02 Å². The van der Waals surface area contributed by atoms with Crippen LogP contribution in [0.3, 0.4) is 0 Å². The van der Waals surface area contributed by atoms with Gasteiger partial charge in [-0.25, -0.2) is 0 Å². The van der Waals surface area contributed by atoms with Gasteiger partial charge in [-0.2, -0.15) is 5.10 Å². The molecule has 0 spiro atoms. The monoisotopic (exact) mass is 322 g/mol. The van der Waals surface area contributed by atoms with Crippen molar-refractivity contribution >= 4 is 61.9 Å². The topological polar surface area (TPSA) is 35.8 Å². The highest BCUT2D eigenvalue weighted by atomic mass is 79.9. The van der Waals surface area contributed by atoms with Gasteiger partial charge in [0, 0.05) is 21.9 Å². The maximum Gasteiger partial charge on any atom is 0.468 e. The van der Waals surface area contributed by atoms with Gasteiger partial charge in [0.2, 0.25) is 0 Å². The first-order chi connectivity index (χ1) is 6.11. The van der Waals surface area contributed by atoms with E-state index in [1.54, 1.807) is 24.6 Å². The number of fused-ring (bicyclic) bond motifs is 1. The molecule has 68 valence electrons. The summed E-state index contributed by atoms with van der Waals surface area (Å²) in [4.78, 5) is 2.51. The minimum Gasteiger partial charge on any atom is -0.428 e. The van der Waals surface area contributed by atoms with Gasteiger partial charge in [0.15, 0.2) is 0 Å². The van der Waals surface area contributed by atoms with E-state index >= 15 is 0 Å². The molecule has 0 atom stereocenters. The molecule has 0 bridgehead atoms. The Kier molecular flexibility index (Phi) is 2.52. The third-order valence-electron chi connectivity index (χ3n) is 1.84. The summed E-state index contributed by atoms with van der Waals surface area (Å²) < 4.78 is 1.90. The van der Waals surface area contributed by atoms with E-state index in [-0.39, 0.29) is 0 Å². The first-order valence-electron chi connectivity index (χ1n) is 3.54. The number of halogens is 2. The molecule has 0 aliphatic carbocycles. The average Bonchev–Trinajstić information content (AvgIpc) is 2.37. The van der Waals surface area contributed by atoms with Gasteiger partial charge in [-0.1, -0.05) is 0 Å². The second kappa shape index (κ2) is 3.38. The Morgan fingerprint density at radius 3 is 3.00 bits per heavy atom. The Hall–Kier alpha value is 0.155. The fraction of sp³-hybridized carbons (Fsp3) is 0.167. The zero-order chi connectivity index (χ0) is 9.59. The van der Waals surface area contributed by atoms with E-state index in [9.17, 15) is 5.02 Å². The molecule has 0 fully saturated rings. The van der Waals surface area contributed by atoms with Gasteiger partial charge in [0.25, 0.3) is 0 Å². The SMILES string of the molecule is CN1N=Cc2sc(Br)c(Br)c2B1O. The quantitative estimate of drug-likeness (QED) is 0.729. The van der Waals surface area contributed by atoms with Crippen molar-refractivity contribution in [2.75, 3.05) is 7.05 Å². The van der Waals surface area contributed by atoms with E-state index in [1.165, 1.54) is 4.92 Å². The van der Waals surface area contributed by atoms with Crippen LogP contribution in [-0.4, -0.2) is 30.3 Å². The lowest BCUT2D eigenvalue weighted by Crippen LogP contribution is -2.47. The number of nitrogens with zero attached hydrogens (tertiary/aromatic N) is 2. The first kappa shape index (κ1) is 9.70. The fourth-order valence-corrected chi connectivity index (χ4v) is 3.48. The van der Waals surface area contributed by atoms with Crippen molar-refractivity contribution in [3.05, 3.63) is 13.1 Å². The summed E-state index contributed by atoms with van der Waals surface area (Å²) in [6.45, 7) is 0. The molecule has 0 amide bonds. The molecule has 2 rings (SSSR count). The normalized spacial score (nSPS) is 15.1. The van der Waals surface area contributed by atoms with Crippen LogP contribution in [0.5, 0.6) is 0 Å². The van der Waals surface area contributed by atoms with Crippen LogP contribution in [-0.2, 0) is 0 Å². The number of hydrogen-bond acceptors (Lipinski definition) is 4. The molecule has 2 heterocycles. The van der Waals surface area contributed by atoms with Crippen LogP contribution in [0, 0.1) is 0 Å². The Balaban J connectivity index is 2.60. The molecule has 1 aromatic heterocycles. The number of thiophene rings is 1. The maximum atomic E-state index is 9.79. The standard InChI is InChI=1S/C6H5BBr2N2OS/c1-11-7(12)4-3(2-10-11)13-6(9)5(4)8/h2,12H,1H3. The van der Waals surface area contributed by atoms with E-state index < -0.39 is 7.05 Å². The highest BCUT2D eigenvalue weighted by Gasteiger charge is 2.31. The van der Waals surface area contributed by atoms with Gasteiger partial charge in [-0.3, -0.25) is 0 Å². The maximum absolute atomic E-state index is 9.79. The molecule has 3 nitrogen and oxygen atoms in total. The van der Waals surface area contributed by atoms with Crippen molar-refractivity contribution in [3.8, 4) is 0 Å². The summed E-state index contributed by atoms with van der Waals surface area (Å²) in [6.07, 6.45) is 1.75. The van der Waals surface area contributed by atoms with Crippen LogP contribution in [0.25, 0.3) is 0 Å². The molecule has 0 radical (unpaired) electrons. The smallest absolute Gasteiger partial charge is 0.428 e. The number of rotatable bonds is 0. The van der Waals surface area contributed by atoms with E-state index in [4.69, 9.17) is 0 Å². The predicted octanol–water partition coefficient (Wildman–Crippen LogP) is 1.24. The molecule has 1 aromatic rings. The van der Waals surface area contributed by atoms with Gasteiger partial charge in [0.05, 0.1) is 10.0 Å². The van der Waals surface area contributed by atoms with Crippen LogP contribution >= 0.6 is 43.2 Å². The molecular formula is C6H5BBr2N2OS. The Morgan fingerprint density at radius 2 is 2.31 bits per heavy atom. The van der Waals surface area contributed by atoms with Crippen molar-refractivity contribution in [3.63, 3.8) is 0 Å². The summed E-state index contributed by atoms with van der Waals surface area (Å²) in [7, 11) is 1.08. The molecular weight excluding hydrogens is 319 g/mol. The van der Waals surface area contributed by atoms with Crippen LogP contribution in [0.4, 0.5) is 0 Å². The molecule has 13 heavy (non-hydrogen) atoms. The lowest BCUT2D eigenvalue weighted by Gasteiger charge is -2.20. The van der Waals surface area contributed by atoms with Crippen molar-refractivity contribution in [1.82, 2.24) is 4.92 Å². The van der Waals surface area contributed by atoms with Crippen molar-refractivity contribution in [1.29, 1.82) is 0 Å². The van der Waals surface area contributed by atoms with E-state index in [0.717, 1.165) is 18.6 Å². The summed E-state index contributed by atoms with van der Waals surface area (Å²) in [6, 6.07) is 0. The molecule has 0 saturated heterocycles. The Morgan fingerprint density at radius 1 is 1.62 bits per heavy atom. The highest BCUT2D eigenvalue weighted by molar-refractivity contribution is 9.13. The third kappa shape index (κ3) is 1.47. The first-order valence-corrected chi connectivity index (χ1v) is 5.94. The zero-order valence-electron chi connectivity index (χ0n) is 6.66. The molecule has 7 heteroatoms. The van der Waals surface area contributed by atoms with Crippen LogP contribution in [0.15, 0.2) is 13.4 Å². The predicted molar refractivity (Wildman–Crippen MR) is 62.7 cm³/mol. The van der Waals surface area contributed by atoms with Crippen LogP contribution < -0.4 is 5.46 Å². The molecule has 1 aliphatic rings. The number of hydrazone groups is 1. The summed E-state index contributed by atoms with van der Waals surface area (Å²) >= 11 is 8.38. The van der Waals surface area contributed by atoms with Crippen molar-refractivity contribution in [2.24, 2.45) is 5.10 Å². The number of hydrogen-bond donors (Lipinski definition) is 1. The Labute approximate surface area is 96.8 Å².